The molecule has 0 aliphatic rings. The molecule has 0 saturated heterocycles. The number of carbonyl (C=O) groups is 2. The first-order valence-corrected chi connectivity index (χ1v) is 14.0. The molecule has 37 heavy (non-hydrogen) atoms. The molecule has 0 heterocycles. The van der Waals surface area contributed by atoms with Crippen molar-refractivity contribution >= 4 is 39.1 Å². The summed E-state index contributed by atoms with van der Waals surface area (Å²) in [5, 5.41) is 3.02. The molecule has 0 bridgehead atoms. The van der Waals surface area contributed by atoms with Crippen LogP contribution in [-0.4, -0.2) is 50.8 Å². The van der Waals surface area contributed by atoms with Crippen molar-refractivity contribution in [3.05, 3.63) is 95.5 Å². The normalized spacial score (nSPS) is 12.0. The Bertz CT molecular complexity index is 1290. The molecule has 0 aromatic heterocycles. The Morgan fingerprint density at radius 3 is 2.14 bits per heavy atom. The molecule has 2 amide bonds. The number of para-hydroxylation sites is 1. The maximum absolute atomic E-state index is 13.8. The Kier molecular flexibility index (Phi) is 10.1. The van der Waals surface area contributed by atoms with E-state index in [0.29, 0.717) is 13.0 Å². The van der Waals surface area contributed by atoms with Crippen molar-refractivity contribution in [2.75, 3.05) is 23.9 Å². The molecule has 3 rings (SSSR count). The van der Waals surface area contributed by atoms with E-state index in [9.17, 15) is 18.0 Å². The van der Waals surface area contributed by atoms with Crippen molar-refractivity contribution in [3.63, 3.8) is 0 Å². The highest BCUT2D eigenvalue weighted by Crippen LogP contribution is 2.30. The second-order valence-electron chi connectivity index (χ2n) is 8.57. The Labute approximate surface area is 224 Å². The van der Waals surface area contributed by atoms with E-state index in [1.807, 2.05) is 37.3 Å². The molecule has 1 N–H and O–H groups in total. The summed E-state index contributed by atoms with van der Waals surface area (Å²) in [5.74, 6) is -0.798. The summed E-state index contributed by atoms with van der Waals surface area (Å²) in [4.78, 5) is 28.1. The number of hydrogen-bond acceptors (Lipinski definition) is 4. The van der Waals surface area contributed by atoms with Gasteiger partial charge in [-0.3, -0.25) is 13.9 Å². The van der Waals surface area contributed by atoms with Crippen LogP contribution in [0, 0.1) is 0 Å². The zero-order valence-electron chi connectivity index (χ0n) is 21.0. The molecule has 3 aromatic rings. The van der Waals surface area contributed by atoms with Crippen LogP contribution in [0.4, 0.5) is 5.69 Å². The quantitative estimate of drug-likeness (QED) is 0.365. The van der Waals surface area contributed by atoms with Gasteiger partial charge in [0.2, 0.25) is 11.8 Å². The summed E-state index contributed by atoms with van der Waals surface area (Å²) in [6, 6.07) is 23.2. The molecule has 0 aliphatic heterocycles. The average Bonchev–Trinajstić information content (AvgIpc) is 2.91. The molecule has 0 radical (unpaired) electrons. The van der Waals surface area contributed by atoms with E-state index in [0.717, 1.165) is 16.3 Å². The minimum absolute atomic E-state index is 0.0345. The Hall–Kier alpha value is -3.36. The van der Waals surface area contributed by atoms with Gasteiger partial charge in [0.15, 0.2) is 0 Å². The lowest BCUT2D eigenvalue weighted by atomic mass is 10.1. The third-order valence-corrected chi connectivity index (χ3v) is 8.03. The number of hydrogen-bond donors (Lipinski definition) is 1. The van der Waals surface area contributed by atoms with Gasteiger partial charge in [-0.15, -0.1) is 0 Å². The Morgan fingerprint density at radius 1 is 0.919 bits per heavy atom. The van der Waals surface area contributed by atoms with Crippen molar-refractivity contribution in [2.24, 2.45) is 0 Å². The van der Waals surface area contributed by atoms with Crippen LogP contribution in [0.2, 0.25) is 5.02 Å². The summed E-state index contributed by atoms with van der Waals surface area (Å²) in [6.07, 6.45) is 1.27. The van der Waals surface area contributed by atoms with Crippen LogP contribution in [0.1, 0.15) is 25.8 Å². The first-order chi connectivity index (χ1) is 17.8. The van der Waals surface area contributed by atoms with Crippen molar-refractivity contribution in [1.82, 2.24) is 10.2 Å². The van der Waals surface area contributed by atoms with Gasteiger partial charge in [-0.2, -0.15) is 0 Å². The summed E-state index contributed by atoms with van der Waals surface area (Å²) in [6.45, 7) is 3.81. The molecule has 0 unspecified atom stereocenters. The van der Waals surface area contributed by atoms with Crippen LogP contribution >= 0.6 is 11.6 Å². The maximum atomic E-state index is 13.8. The highest BCUT2D eigenvalue weighted by Gasteiger charge is 2.33. The number of carbonyl (C=O) groups excluding carboxylic acids is 2. The van der Waals surface area contributed by atoms with Crippen LogP contribution in [-0.2, 0) is 26.0 Å². The number of sulfonamides is 1. The monoisotopic (exact) mass is 541 g/mol. The van der Waals surface area contributed by atoms with E-state index in [-0.39, 0.29) is 28.1 Å². The van der Waals surface area contributed by atoms with Gasteiger partial charge < -0.3 is 10.2 Å². The molecule has 0 spiro atoms. The van der Waals surface area contributed by atoms with Gasteiger partial charge in [-0.25, -0.2) is 8.42 Å². The van der Waals surface area contributed by atoms with E-state index in [1.54, 1.807) is 49.4 Å². The van der Waals surface area contributed by atoms with E-state index in [2.05, 4.69) is 5.32 Å². The van der Waals surface area contributed by atoms with Crippen molar-refractivity contribution < 1.29 is 18.0 Å². The summed E-state index contributed by atoms with van der Waals surface area (Å²) < 4.78 is 28.4. The third kappa shape index (κ3) is 7.33. The molecule has 0 aliphatic carbocycles. The van der Waals surface area contributed by atoms with Crippen LogP contribution in [0.5, 0.6) is 0 Å². The second kappa shape index (κ2) is 13.3. The Balaban J connectivity index is 1.96. The zero-order chi connectivity index (χ0) is 26.8. The van der Waals surface area contributed by atoms with Gasteiger partial charge in [0.25, 0.3) is 10.0 Å². The lowest BCUT2D eigenvalue weighted by Crippen LogP contribution is -2.52. The van der Waals surface area contributed by atoms with Gasteiger partial charge in [-0.1, -0.05) is 79.2 Å². The lowest BCUT2D eigenvalue weighted by Gasteiger charge is -2.32. The SMILES string of the molecule is CCCNC(=O)[C@@H](C)N(CCc1ccccc1)C(=O)CN(c1ccccc1Cl)S(=O)(=O)c1ccccc1. The predicted octanol–water partition coefficient (Wildman–Crippen LogP) is 4.52. The van der Waals surface area contributed by atoms with Crippen LogP contribution in [0.3, 0.4) is 0 Å². The number of anilines is 1. The molecule has 196 valence electrons. The van der Waals surface area contributed by atoms with Gasteiger partial charge in [0.1, 0.15) is 12.6 Å². The van der Waals surface area contributed by atoms with Gasteiger partial charge in [-0.05, 0) is 49.6 Å². The van der Waals surface area contributed by atoms with Crippen LogP contribution < -0.4 is 9.62 Å². The van der Waals surface area contributed by atoms with Crippen molar-refractivity contribution in [1.29, 1.82) is 0 Å². The maximum Gasteiger partial charge on any atom is 0.264 e. The van der Waals surface area contributed by atoms with Gasteiger partial charge >= 0.3 is 0 Å². The fourth-order valence-electron chi connectivity index (χ4n) is 3.85. The molecule has 0 saturated carbocycles. The van der Waals surface area contributed by atoms with Crippen molar-refractivity contribution in [2.45, 2.75) is 37.6 Å². The molecule has 9 heteroatoms. The molecular weight excluding hydrogens is 510 g/mol. The summed E-state index contributed by atoms with van der Waals surface area (Å²) in [7, 11) is -4.13. The smallest absolute Gasteiger partial charge is 0.264 e. The number of rotatable bonds is 12. The first-order valence-electron chi connectivity index (χ1n) is 12.2. The average molecular weight is 542 g/mol. The molecule has 1 atom stereocenters. The standard InChI is InChI=1S/C28H32ClN3O4S/c1-3-19-30-28(34)22(2)31(20-18-23-12-6-4-7-13-23)27(33)21-32(26-17-11-10-16-25(26)29)37(35,36)24-14-8-5-9-15-24/h4-17,22H,3,18-21H2,1-2H3,(H,30,34)/t22-/m1/s1. The van der Waals surface area contributed by atoms with E-state index in [1.165, 1.54) is 17.0 Å². The summed E-state index contributed by atoms with van der Waals surface area (Å²) in [5.41, 5.74) is 1.19. The van der Waals surface area contributed by atoms with Crippen LogP contribution in [0.15, 0.2) is 89.8 Å². The summed E-state index contributed by atoms with van der Waals surface area (Å²) >= 11 is 6.39. The lowest BCUT2D eigenvalue weighted by molar-refractivity contribution is -0.138. The number of amides is 2. The van der Waals surface area contributed by atoms with E-state index < -0.39 is 28.5 Å². The molecule has 7 nitrogen and oxygen atoms in total. The molecule has 3 aromatic carbocycles. The fourth-order valence-corrected chi connectivity index (χ4v) is 5.59. The highest BCUT2D eigenvalue weighted by atomic mass is 35.5. The first kappa shape index (κ1) is 28.2. The van der Waals surface area contributed by atoms with E-state index in [4.69, 9.17) is 11.6 Å². The fraction of sp³-hybridized carbons (Fsp3) is 0.286. The van der Waals surface area contributed by atoms with Gasteiger partial charge in [0, 0.05) is 13.1 Å². The van der Waals surface area contributed by atoms with Crippen LogP contribution in [0.25, 0.3) is 0 Å². The Morgan fingerprint density at radius 2 is 1.51 bits per heavy atom. The minimum atomic E-state index is -4.13. The number of nitrogens with zero attached hydrogens (tertiary/aromatic N) is 2. The number of halogens is 1. The second-order valence-corrected chi connectivity index (χ2v) is 10.8. The predicted molar refractivity (Wildman–Crippen MR) is 147 cm³/mol. The molecular formula is C28H32ClN3O4S. The number of benzene rings is 3. The zero-order valence-corrected chi connectivity index (χ0v) is 22.6. The topological polar surface area (TPSA) is 86.8 Å². The number of nitrogens with one attached hydrogen (secondary N) is 1. The molecule has 0 fully saturated rings. The largest absolute Gasteiger partial charge is 0.354 e. The van der Waals surface area contributed by atoms with E-state index >= 15 is 0 Å². The van der Waals surface area contributed by atoms with Gasteiger partial charge in [0.05, 0.1) is 15.6 Å². The van der Waals surface area contributed by atoms with Crippen molar-refractivity contribution in [3.8, 4) is 0 Å². The highest BCUT2D eigenvalue weighted by molar-refractivity contribution is 7.92. The third-order valence-electron chi connectivity index (χ3n) is 5.93. The minimum Gasteiger partial charge on any atom is -0.354 e.